The lowest BCUT2D eigenvalue weighted by molar-refractivity contribution is 0.352. The summed E-state index contributed by atoms with van der Waals surface area (Å²) in [7, 11) is 2.05. The zero-order chi connectivity index (χ0) is 13.8. The summed E-state index contributed by atoms with van der Waals surface area (Å²) in [5.74, 6) is 2.26. The summed E-state index contributed by atoms with van der Waals surface area (Å²) in [4.78, 5) is 0. The average Bonchev–Trinajstić information content (AvgIpc) is 2.81. The van der Waals surface area contributed by atoms with Crippen LogP contribution in [0.3, 0.4) is 0 Å². The van der Waals surface area contributed by atoms with Gasteiger partial charge in [-0.25, -0.2) is 0 Å². The summed E-state index contributed by atoms with van der Waals surface area (Å²) in [5.41, 5.74) is 2.67. The lowest BCUT2D eigenvalue weighted by atomic mass is 10.0. The second-order valence-electron chi connectivity index (χ2n) is 5.22. The van der Waals surface area contributed by atoms with Gasteiger partial charge in [0, 0.05) is 22.7 Å². The van der Waals surface area contributed by atoms with Crippen LogP contribution in [0.5, 0.6) is 5.75 Å². The highest BCUT2D eigenvalue weighted by Crippen LogP contribution is 2.34. The highest BCUT2D eigenvalue weighted by Gasteiger charge is 2.19. The van der Waals surface area contributed by atoms with E-state index in [2.05, 4.69) is 47.2 Å². The molecule has 1 N–H and O–H groups in total. The molecule has 0 radical (unpaired) electrons. The lowest BCUT2D eigenvalue weighted by Gasteiger charge is -2.19. The summed E-state index contributed by atoms with van der Waals surface area (Å²) in [5, 5.41) is 4.11. The number of hydrogen-bond acceptors (Lipinski definition) is 3. The van der Waals surface area contributed by atoms with Gasteiger partial charge in [0.25, 0.3) is 0 Å². The quantitative estimate of drug-likeness (QED) is 0.851. The molecular weight excluding hydrogens is 322 g/mol. The molecule has 2 nitrogen and oxygen atoms in total. The van der Waals surface area contributed by atoms with Crippen LogP contribution in [0.2, 0.25) is 0 Å². The molecule has 1 aliphatic heterocycles. The lowest BCUT2D eigenvalue weighted by Crippen LogP contribution is -2.30. The van der Waals surface area contributed by atoms with Crippen LogP contribution in [0.15, 0.2) is 16.6 Å². The molecule has 0 saturated heterocycles. The summed E-state index contributed by atoms with van der Waals surface area (Å²) in [6.07, 6.45) is 2.06. The van der Waals surface area contributed by atoms with E-state index in [-0.39, 0.29) is 0 Å². The maximum Gasteiger partial charge on any atom is 0.125 e. The molecule has 1 unspecified atom stereocenters. The molecule has 1 heterocycles. The maximum atomic E-state index is 5.80. The van der Waals surface area contributed by atoms with Crippen LogP contribution in [-0.4, -0.2) is 30.7 Å². The number of benzene rings is 1. The number of likely N-dealkylation sites (N-methyl/N-ethyl adjacent to an activating group) is 1. The average molecular weight is 344 g/mol. The molecule has 0 fully saturated rings. The third-order valence-electron chi connectivity index (χ3n) is 3.33. The van der Waals surface area contributed by atoms with Crippen LogP contribution < -0.4 is 10.1 Å². The van der Waals surface area contributed by atoms with Crippen LogP contribution in [0, 0.1) is 0 Å². The van der Waals surface area contributed by atoms with Gasteiger partial charge in [0.05, 0.1) is 6.61 Å². The number of rotatable bonds is 6. The maximum absolute atomic E-state index is 5.80. The van der Waals surface area contributed by atoms with E-state index >= 15 is 0 Å². The van der Waals surface area contributed by atoms with Gasteiger partial charge in [0.1, 0.15) is 5.75 Å². The predicted molar refractivity (Wildman–Crippen MR) is 87.5 cm³/mol. The fraction of sp³-hybridized carbons (Fsp3) is 0.600. The molecule has 106 valence electrons. The minimum absolute atomic E-state index is 0.495. The predicted octanol–water partition coefficient (Wildman–Crippen LogP) is 3.66. The molecule has 1 aromatic carbocycles. The summed E-state index contributed by atoms with van der Waals surface area (Å²) < 4.78 is 6.97. The molecule has 2 rings (SSSR count). The van der Waals surface area contributed by atoms with Crippen molar-refractivity contribution in [1.82, 2.24) is 5.32 Å². The Labute approximate surface area is 128 Å². The van der Waals surface area contributed by atoms with Gasteiger partial charge in [0.15, 0.2) is 0 Å². The normalized spacial score (nSPS) is 15.4. The topological polar surface area (TPSA) is 21.3 Å². The Morgan fingerprint density at radius 3 is 2.89 bits per heavy atom. The fourth-order valence-electron chi connectivity index (χ4n) is 2.32. The Hall–Kier alpha value is -0.190. The van der Waals surface area contributed by atoms with Gasteiger partial charge in [-0.3, -0.25) is 0 Å². The Balaban J connectivity index is 2.09. The second kappa shape index (κ2) is 7.00. The minimum Gasteiger partial charge on any atom is -0.493 e. The molecule has 0 saturated carbocycles. The molecule has 1 aromatic rings. The Morgan fingerprint density at radius 2 is 2.21 bits per heavy atom. The number of ether oxygens (including phenoxy) is 1. The second-order valence-corrected chi connectivity index (χ2v) is 7.75. The smallest absolute Gasteiger partial charge is 0.125 e. The van der Waals surface area contributed by atoms with E-state index in [9.17, 15) is 0 Å². The molecule has 0 aliphatic carbocycles. The third-order valence-corrected chi connectivity index (χ3v) is 5.05. The highest BCUT2D eigenvalue weighted by molar-refractivity contribution is 9.10. The van der Waals surface area contributed by atoms with Crippen LogP contribution in [0.25, 0.3) is 0 Å². The van der Waals surface area contributed by atoms with E-state index in [1.54, 1.807) is 0 Å². The van der Waals surface area contributed by atoms with E-state index < -0.39 is 0 Å². The van der Waals surface area contributed by atoms with E-state index in [0.717, 1.165) is 35.4 Å². The van der Waals surface area contributed by atoms with Crippen molar-refractivity contribution in [2.45, 2.75) is 38.0 Å². The van der Waals surface area contributed by atoms with Crippen LogP contribution in [0.1, 0.15) is 25.0 Å². The first kappa shape index (κ1) is 15.2. The molecule has 4 heteroatoms. The van der Waals surface area contributed by atoms with E-state index in [1.807, 2.05) is 18.8 Å². The molecule has 0 aromatic heterocycles. The van der Waals surface area contributed by atoms with Crippen molar-refractivity contribution in [3.05, 3.63) is 27.7 Å². The minimum atomic E-state index is 0.495. The Kier molecular flexibility index (Phi) is 5.60. The first-order valence-electron chi connectivity index (χ1n) is 6.83. The van der Waals surface area contributed by atoms with Gasteiger partial charge >= 0.3 is 0 Å². The molecule has 19 heavy (non-hydrogen) atoms. The van der Waals surface area contributed by atoms with Crippen LogP contribution >= 0.6 is 27.7 Å². The van der Waals surface area contributed by atoms with E-state index in [0.29, 0.717) is 11.3 Å². The van der Waals surface area contributed by atoms with Crippen LogP contribution in [0.4, 0.5) is 0 Å². The van der Waals surface area contributed by atoms with Crippen molar-refractivity contribution in [3.8, 4) is 5.75 Å². The number of thioether (sulfide) groups is 1. The molecule has 1 aliphatic rings. The van der Waals surface area contributed by atoms with Crippen molar-refractivity contribution in [3.63, 3.8) is 0 Å². The van der Waals surface area contributed by atoms with E-state index in [4.69, 9.17) is 4.74 Å². The zero-order valence-corrected chi connectivity index (χ0v) is 14.2. The largest absolute Gasteiger partial charge is 0.493 e. The first-order chi connectivity index (χ1) is 9.10. The Morgan fingerprint density at radius 1 is 1.42 bits per heavy atom. The monoisotopic (exact) mass is 343 g/mol. The summed E-state index contributed by atoms with van der Waals surface area (Å²) >= 11 is 5.61. The number of fused-ring (bicyclic) bond motifs is 1. The number of nitrogens with one attached hydrogen (secondary N) is 1. The number of hydrogen-bond donors (Lipinski definition) is 1. The molecular formula is C15H22BrNOS. The fourth-order valence-corrected chi connectivity index (χ4v) is 3.77. The van der Waals surface area contributed by atoms with Crippen molar-refractivity contribution in [1.29, 1.82) is 0 Å². The van der Waals surface area contributed by atoms with Crippen molar-refractivity contribution >= 4 is 27.7 Å². The van der Waals surface area contributed by atoms with Crippen molar-refractivity contribution in [2.75, 3.05) is 19.4 Å². The van der Waals surface area contributed by atoms with E-state index in [1.165, 1.54) is 11.1 Å². The van der Waals surface area contributed by atoms with Gasteiger partial charge in [-0.1, -0.05) is 29.8 Å². The number of halogens is 1. The van der Waals surface area contributed by atoms with Gasteiger partial charge < -0.3 is 10.1 Å². The Bertz CT molecular complexity index is 436. The molecule has 0 bridgehead atoms. The highest BCUT2D eigenvalue weighted by atomic mass is 79.9. The van der Waals surface area contributed by atoms with Gasteiger partial charge in [-0.05, 0) is 42.0 Å². The standard InChI is InChI=1S/C15H22BrNOS/c1-10(2)19-9-14(17-3)8-12-7-13(16)6-11-4-5-18-15(11)12/h6-7,10,14,17H,4-5,8-9H2,1-3H3. The van der Waals surface area contributed by atoms with Crippen molar-refractivity contribution < 1.29 is 4.74 Å². The van der Waals surface area contributed by atoms with Crippen molar-refractivity contribution in [2.24, 2.45) is 0 Å². The SMILES string of the molecule is CNC(CSC(C)C)Cc1cc(Br)cc2c1OCC2. The van der Waals surface area contributed by atoms with Gasteiger partial charge in [-0.2, -0.15) is 11.8 Å². The zero-order valence-electron chi connectivity index (χ0n) is 11.8. The molecule has 1 atom stereocenters. The third kappa shape index (κ3) is 4.14. The van der Waals surface area contributed by atoms with Gasteiger partial charge in [-0.15, -0.1) is 0 Å². The summed E-state index contributed by atoms with van der Waals surface area (Å²) in [6, 6.07) is 4.88. The molecule has 0 amide bonds. The summed E-state index contributed by atoms with van der Waals surface area (Å²) in [6.45, 7) is 5.32. The molecule has 0 spiro atoms. The van der Waals surface area contributed by atoms with Gasteiger partial charge in [0.2, 0.25) is 0 Å². The van der Waals surface area contributed by atoms with Crippen LogP contribution in [-0.2, 0) is 12.8 Å². The first-order valence-corrected chi connectivity index (χ1v) is 8.67.